The van der Waals surface area contributed by atoms with Crippen molar-refractivity contribution in [3.8, 4) is 0 Å². The van der Waals surface area contributed by atoms with E-state index in [4.69, 9.17) is 5.73 Å². The van der Waals surface area contributed by atoms with E-state index in [9.17, 15) is 0 Å². The maximum Gasteiger partial charge on any atom is 0.137 e. The molecule has 1 aromatic rings. The van der Waals surface area contributed by atoms with Crippen molar-refractivity contribution >= 4 is 11.6 Å². The van der Waals surface area contributed by atoms with Crippen molar-refractivity contribution in [3.05, 3.63) is 11.9 Å². The van der Waals surface area contributed by atoms with Crippen LogP contribution in [0.5, 0.6) is 0 Å². The van der Waals surface area contributed by atoms with Crippen molar-refractivity contribution in [3.63, 3.8) is 0 Å². The van der Waals surface area contributed by atoms with Crippen LogP contribution < -0.4 is 10.6 Å². The van der Waals surface area contributed by atoms with Crippen LogP contribution in [0.25, 0.3) is 0 Å². The number of nitrogen functional groups attached to an aromatic ring is 1. The molecule has 16 heavy (non-hydrogen) atoms. The molecule has 0 bridgehead atoms. The SMILES string of the molecule is CCCCN(CC)c1ncnc(N)c1CC. The third-order valence-electron chi connectivity index (χ3n) is 2.77. The number of hydrogen-bond acceptors (Lipinski definition) is 4. The fourth-order valence-electron chi connectivity index (χ4n) is 1.79. The maximum absolute atomic E-state index is 5.88. The molecule has 0 atom stereocenters. The number of unbranched alkanes of at least 4 members (excludes halogenated alkanes) is 1. The molecular formula is C12H22N4. The monoisotopic (exact) mass is 222 g/mol. The van der Waals surface area contributed by atoms with Crippen LogP contribution in [0.4, 0.5) is 11.6 Å². The van der Waals surface area contributed by atoms with Gasteiger partial charge >= 0.3 is 0 Å². The summed E-state index contributed by atoms with van der Waals surface area (Å²) in [4.78, 5) is 10.7. The molecule has 0 saturated heterocycles. The van der Waals surface area contributed by atoms with Gasteiger partial charge in [-0.15, -0.1) is 0 Å². The van der Waals surface area contributed by atoms with Crippen LogP contribution >= 0.6 is 0 Å². The number of nitrogens with zero attached hydrogens (tertiary/aromatic N) is 3. The Morgan fingerprint density at radius 2 is 2.00 bits per heavy atom. The van der Waals surface area contributed by atoms with E-state index in [-0.39, 0.29) is 0 Å². The van der Waals surface area contributed by atoms with E-state index in [0.717, 1.165) is 30.9 Å². The molecule has 0 aliphatic rings. The lowest BCUT2D eigenvalue weighted by molar-refractivity contribution is 0.719. The molecule has 0 fully saturated rings. The molecule has 0 spiro atoms. The van der Waals surface area contributed by atoms with Crippen molar-refractivity contribution in [1.29, 1.82) is 0 Å². The first-order valence-corrected chi connectivity index (χ1v) is 6.08. The summed E-state index contributed by atoms with van der Waals surface area (Å²) >= 11 is 0. The van der Waals surface area contributed by atoms with Gasteiger partial charge in [0.25, 0.3) is 0 Å². The molecule has 1 rings (SSSR count). The summed E-state index contributed by atoms with van der Waals surface area (Å²) in [6, 6.07) is 0. The number of hydrogen-bond donors (Lipinski definition) is 1. The zero-order valence-corrected chi connectivity index (χ0v) is 10.5. The summed E-state index contributed by atoms with van der Waals surface area (Å²) in [5.41, 5.74) is 6.95. The number of anilines is 2. The van der Waals surface area contributed by atoms with Crippen LogP contribution in [0.1, 0.15) is 39.2 Å². The van der Waals surface area contributed by atoms with Gasteiger partial charge in [0.2, 0.25) is 0 Å². The van der Waals surface area contributed by atoms with Gasteiger partial charge in [0, 0.05) is 18.7 Å². The topological polar surface area (TPSA) is 55.0 Å². The molecule has 1 heterocycles. The predicted octanol–water partition coefficient (Wildman–Crippen LogP) is 2.25. The lowest BCUT2D eigenvalue weighted by Gasteiger charge is -2.24. The van der Waals surface area contributed by atoms with E-state index in [1.807, 2.05) is 0 Å². The van der Waals surface area contributed by atoms with Crippen molar-refractivity contribution in [2.45, 2.75) is 40.0 Å². The van der Waals surface area contributed by atoms with Gasteiger partial charge < -0.3 is 10.6 Å². The molecular weight excluding hydrogens is 200 g/mol. The quantitative estimate of drug-likeness (QED) is 0.802. The number of aromatic nitrogens is 2. The van der Waals surface area contributed by atoms with Crippen LogP contribution in [-0.4, -0.2) is 23.1 Å². The van der Waals surface area contributed by atoms with Crippen LogP contribution in [-0.2, 0) is 6.42 Å². The van der Waals surface area contributed by atoms with Gasteiger partial charge in [0.1, 0.15) is 18.0 Å². The van der Waals surface area contributed by atoms with Gasteiger partial charge in [0.05, 0.1) is 0 Å². The van der Waals surface area contributed by atoms with Gasteiger partial charge in [0.15, 0.2) is 0 Å². The van der Waals surface area contributed by atoms with E-state index in [2.05, 4.69) is 35.6 Å². The zero-order chi connectivity index (χ0) is 12.0. The third kappa shape index (κ3) is 2.84. The van der Waals surface area contributed by atoms with Crippen LogP contribution in [0.2, 0.25) is 0 Å². The molecule has 0 saturated carbocycles. The lowest BCUT2D eigenvalue weighted by Crippen LogP contribution is -2.26. The lowest BCUT2D eigenvalue weighted by atomic mass is 10.2. The fraction of sp³-hybridized carbons (Fsp3) is 0.667. The molecule has 90 valence electrons. The molecule has 0 aliphatic carbocycles. The molecule has 4 heteroatoms. The standard InChI is InChI=1S/C12H22N4/c1-4-7-8-16(6-3)12-10(5-2)11(13)14-9-15-12/h9H,4-8H2,1-3H3,(H2,13,14,15). The molecule has 4 nitrogen and oxygen atoms in total. The Bertz CT molecular complexity index is 325. The second-order valence-electron chi connectivity index (χ2n) is 3.85. The van der Waals surface area contributed by atoms with E-state index in [1.54, 1.807) is 6.33 Å². The Kier molecular flexibility index (Phi) is 5.02. The zero-order valence-electron chi connectivity index (χ0n) is 10.5. The number of nitrogens with two attached hydrogens (primary N) is 1. The summed E-state index contributed by atoms with van der Waals surface area (Å²) in [6.07, 6.45) is 4.81. The van der Waals surface area contributed by atoms with Crippen LogP contribution in [0, 0.1) is 0 Å². The van der Waals surface area contributed by atoms with Crippen molar-refractivity contribution < 1.29 is 0 Å². The summed E-state index contributed by atoms with van der Waals surface area (Å²) in [5, 5.41) is 0. The normalized spacial score (nSPS) is 10.4. The van der Waals surface area contributed by atoms with E-state index in [0.29, 0.717) is 5.82 Å². The van der Waals surface area contributed by atoms with Gasteiger partial charge in [-0.25, -0.2) is 9.97 Å². The molecule has 1 aromatic heterocycles. The van der Waals surface area contributed by atoms with Gasteiger partial charge in [-0.05, 0) is 19.8 Å². The molecule has 0 radical (unpaired) electrons. The second kappa shape index (κ2) is 6.30. The van der Waals surface area contributed by atoms with E-state index >= 15 is 0 Å². The minimum absolute atomic E-state index is 0.613. The largest absolute Gasteiger partial charge is 0.383 e. The summed E-state index contributed by atoms with van der Waals surface area (Å²) < 4.78 is 0. The predicted molar refractivity (Wildman–Crippen MR) is 68.6 cm³/mol. The van der Waals surface area contributed by atoms with Gasteiger partial charge in [-0.2, -0.15) is 0 Å². The highest BCUT2D eigenvalue weighted by Crippen LogP contribution is 2.22. The van der Waals surface area contributed by atoms with E-state index in [1.165, 1.54) is 12.8 Å². The molecule has 2 N–H and O–H groups in total. The second-order valence-corrected chi connectivity index (χ2v) is 3.85. The Morgan fingerprint density at radius 1 is 1.25 bits per heavy atom. The Balaban J connectivity index is 2.94. The average molecular weight is 222 g/mol. The van der Waals surface area contributed by atoms with E-state index < -0.39 is 0 Å². The van der Waals surface area contributed by atoms with Gasteiger partial charge in [-0.3, -0.25) is 0 Å². The fourth-order valence-corrected chi connectivity index (χ4v) is 1.79. The first-order chi connectivity index (χ1) is 7.74. The Morgan fingerprint density at radius 3 is 2.56 bits per heavy atom. The summed E-state index contributed by atoms with van der Waals surface area (Å²) in [5.74, 6) is 1.62. The molecule has 0 aromatic carbocycles. The van der Waals surface area contributed by atoms with Crippen molar-refractivity contribution in [2.75, 3.05) is 23.7 Å². The molecule has 0 aliphatic heterocycles. The highest BCUT2D eigenvalue weighted by Gasteiger charge is 2.12. The summed E-state index contributed by atoms with van der Waals surface area (Å²) in [6.45, 7) is 8.43. The maximum atomic E-state index is 5.88. The summed E-state index contributed by atoms with van der Waals surface area (Å²) in [7, 11) is 0. The smallest absolute Gasteiger partial charge is 0.137 e. The van der Waals surface area contributed by atoms with Gasteiger partial charge in [-0.1, -0.05) is 20.3 Å². The Labute approximate surface area is 97.9 Å². The first-order valence-electron chi connectivity index (χ1n) is 6.08. The first kappa shape index (κ1) is 12.7. The highest BCUT2D eigenvalue weighted by atomic mass is 15.2. The molecule has 0 amide bonds. The minimum atomic E-state index is 0.613. The number of rotatable bonds is 6. The van der Waals surface area contributed by atoms with Crippen molar-refractivity contribution in [1.82, 2.24) is 9.97 Å². The Hall–Kier alpha value is -1.32. The van der Waals surface area contributed by atoms with Crippen molar-refractivity contribution in [2.24, 2.45) is 0 Å². The average Bonchev–Trinajstić information content (AvgIpc) is 2.30. The minimum Gasteiger partial charge on any atom is -0.383 e. The van der Waals surface area contributed by atoms with Crippen LogP contribution in [0.15, 0.2) is 6.33 Å². The highest BCUT2D eigenvalue weighted by molar-refractivity contribution is 5.56. The molecule has 0 unspecified atom stereocenters. The van der Waals surface area contributed by atoms with Crippen LogP contribution in [0.3, 0.4) is 0 Å². The third-order valence-corrected chi connectivity index (χ3v) is 2.77.